The van der Waals surface area contributed by atoms with Gasteiger partial charge in [0.15, 0.2) is 0 Å². The van der Waals surface area contributed by atoms with Gasteiger partial charge in [-0.2, -0.15) is 13.2 Å². The average Bonchev–Trinajstić information content (AvgIpc) is 2.77. The van der Waals surface area contributed by atoms with Crippen LogP contribution < -0.4 is 0 Å². The lowest BCUT2D eigenvalue weighted by Crippen LogP contribution is -2.12. The van der Waals surface area contributed by atoms with Crippen molar-refractivity contribution in [2.24, 2.45) is 4.99 Å². The summed E-state index contributed by atoms with van der Waals surface area (Å²) in [6, 6.07) is 22.9. The second-order valence-electron chi connectivity index (χ2n) is 6.63. The highest BCUT2D eigenvalue weighted by Gasteiger charge is 2.30. The normalized spacial score (nSPS) is 12.1. The van der Waals surface area contributed by atoms with Crippen LogP contribution in [0.5, 0.6) is 0 Å². The first kappa shape index (κ1) is 21.3. The van der Waals surface area contributed by atoms with E-state index in [4.69, 9.17) is 9.73 Å². The van der Waals surface area contributed by atoms with Crippen LogP contribution in [0, 0.1) is 0 Å². The third-order valence-electron chi connectivity index (χ3n) is 4.59. The molecule has 0 N–H and O–H groups in total. The van der Waals surface area contributed by atoms with E-state index in [1.165, 1.54) is 19.2 Å². The summed E-state index contributed by atoms with van der Waals surface area (Å²) in [5.74, 6) is -0.496. The van der Waals surface area contributed by atoms with E-state index < -0.39 is 23.8 Å². The number of nitrogens with zero attached hydrogens (tertiary/aromatic N) is 1. The number of rotatable bonds is 6. The van der Waals surface area contributed by atoms with Crippen molar-refractivity contribution in [2.75, 3.05) is 7.11 Å². The monoisotopic (exact) mass is 411 g/mol. The molecule has 0 heterocycles. The first-order chi connectivity index (χ1) is 14.4. The van der Waals surface area contributed by atoms with Crippen LogP contribution in [-0.4, -0.2) is 18.8 Å². The van der Waals surface area contributed by atoms with Crippen LogP contribution in [0.15, 0.2) is 89.9 Å². The minimum atomic E-state index is -4.43. The maximum absolute atomic E-state index is 12.9. The summed E-state index contributed by atoms with van der Waals surface area (Å²) in [6.07, 6.45) is -4.52. The summed E-state index contributed by atoms with van der Waals surface area (Å²) < 4.78 is 43.6. The van der Waals surface area contributed by atoms with Crippen molar-refractivity contribution < 1.29 is 22.7 Å². The van der Waals surface area contributed by atoms with Gasteiger partial charge < -0.3 is 4.74 Å². The smallest absolute Gasteiger partial charge is 0.416 e. The molecule has 1 atom stereocenters. The molecule has 0 spiro atoms. The highest BCUT2D eigenvalue weighted by Crippen LogP contribution is 2.31. The first-order valence-corrected chi connectivity index (χ1v) is 9.31. The molecule has 3 aromatic carbocycles. The highest BCUT2D eigenvalue weighted by molar-refractivity contribution is 6.13. The Morgan fingerprint density at radius 3 is 1.80 bits per heavy atom. The lowest BCUT2D eigenvalue weighted by Gasteiger charge is -2.17. The van der Waals surface area contributed by atoms with Gasteiger partial charge in [-0.3, -0.25) is 9.79 Å². The van der Waals surface area contributed by atoms with Crippen molar-refractivity contribution in [1.29, 1.82) is 0 Å². The SMILES string of the molecule is COC(=O)CC(N=C(c1ccccc1)c1ccccc1)c1ccc(C(F)(F)F)cc1. The van der Waals surface area contributed by atoms with Gasteiger partial charge in [-0.25, -0.2) is 0 Å². The number of aliphatic imine (C=N–C) groups is 1. The van der Waals surface area contributed by atoms with Gasteiger partial charge in [0.1, 0.15) is 0 Å². The van der Waals surface area contributed by atoms with E-state index >= 15 is 0 Å². The van der Waals surface area contributed by atoms with Crippen LogP contribution in [0.2, 0.25) is 0 Å². The number of ether oxygens (including phenoxy) is 1. The van der Waals surface area contributed by atoms with Crippen LogP contribution in [0.3, 0.4) is 0 Å². The molecule has 0 radical (unpaired) electrons. The number of hydrogen-bond donors (Lipinski definition) is 0. The van der Waals surface area contributed by atoms with E-state index in [1.54, 1.807) is 0 Å². The summed E-state index contributed by atoms with van der Waals surface area (Å²) in [4.78, 5) is 16.8. The molecule has 0 saturated carbocycles. The van der Waals surface area contributed by atoms with E-state index in [0.717, 1.165) is 23.3 Å². The summed E-state index contributed by atoms with van der Waals surface area (Å²) in [6.45, 7) is 0. The van der Waals surface area contributed by atoms with Crippen molar-refractivity contribution in [1.82, 2.24) is 0 Å². The van der Waals surface area contributed by atoms with Gasteiger partial charge >= 0.3 is 12.1 Å². The number of methoxy groups -OCH3 is 1. The van der Waals surface area contributed by atoms with Gasteiger partial charge in [-0.05, 0) is 17.7 Å². The van der Waals surface area contributed by atoms with Gasteiger partial charge in [0, 0.05) is 11.1 Å². The summed E-state index contributed by atoms with van der Waals surface area (Å²) in [5, 5.41) is 0. The molecule has 6 heteroatoms. The predicted molar refractivity (Wildman–Crippen MR) is 109 cm³/mol. The molecule has 0 aromatic heterocycles. The van der Waals surface area contributed by atoms with Crippen LogP contribution in [0.25, 0.3) is 0 Å². The topological polar surface area (TPSA) is 38.7 Å². The van der Waals surface area contributed by atoms with Gasteiger partial charge in [0.05, 0.1) is 30.8 Å². The Bertz CT molecular complexity index is 957. The average molecular weight is 411 g/mol. The first-order valence-electron chi connectivity index (χ1n) is 9.31. The number of halogens is 3. The second kappa shape index (κ2) is 9.39. The van der Waals surface area contributed by atoms with Crippen molar-refractivity contribution >= 4 is 11.7 Å². The second-order valence-corrected chi connectivity index (χ2v) is 6.63. The van der Waals surface area contributed by atoms with Gasteiger partial charge in [-0.1, -0.05) is 72.8 Å². The Morgan fingerprint density at radius 2 is 1.37 bits per heavy atom. The van der Waals surface area contributed by atoms with Crippen LogP contribution >= 0.6 is 0 Å². The molecular formula is C24H20F3NO2. The van der Waals surface area contributed by atoms with E-state index in [0.29, 0.717) is 11.3 Å². The molecule has 0 amide bonds. The Balaban J connectivity index is 2.09. The van der Waals surface area contributed by atoms with E-state index in [2.05, 4.69) is 0 Å². The molecule has 0 aliphatic carbocycles. The fraction of sp³-hybridized carbons (Fsp3) is 0.167. The van der Waals surface area contributed by atoms with Gasteiger partial charge in [0.2, 0.25) is 0 Å². The fourth-order valence-electron chi connectivity index (χ4n) is 3.04. The van der Waals surface area contributed by atoms with Crippen LogP contribution in [0.4, 0.5) is 13.2 Å². The van der Waals surface area contributed by atoms with E-state index in [1.807, 2.05) is 60.7 Å². The maximum Gasteiger partial charge on any atom is 0.416 e. The zero-order chi connectivity index (χ0) is 21.6. The van der Waals surface area contributed by atoms with Crippen molar-refractivity contribution in [2.45, 2.75) is 18.6 Å². The molecule has 0 saturated heterocycles. The molecule has 0 bridgehead atoms. The number of alkyl halides is 3. The largest absolute Gasteiger partial charge is 0.469 e. The lowest BCUT2D eigenvalue weighted by molar-refractivity contribution is -0.141. The summed E-state index contributed by atoms with van der Waals surface area (Å²) in [5.41, 5.74) is 2.07. The number of carbonyl (C=O) groups excluding carboxylic acids is 1. The Kier molecular flexibility index (Phi) is 6.67. The quantitative estimate of drug-likeness (QED) is 0.377. The van der Waals surface area contributed by atoms with Crippen LogP contribution in [-0.2, 0) is 15.7 Å². The van der Waals surface area contributed by atoms with E-state index in [9.17, 15) is 18.0 Å². The predicted octanol–water partition coefficient (Wildman–Crippen LogP) is 5.85. The number of carbonyl (C=O) groups is 1. The standard InChI is InChI=1S/C24H20F3NO2/c1-30-22(29)16-21(17-12-14-20(15-13-17)24(25,26)27)28-23(18-8-4-2-5-9-18)19-10-6-3-7-11-19/h2-15,21H,16H2,1H3. The molecule has 154 valence electrons. The summed E-state index contributed by atoms with van der Waals surface area (Å²) in [7, 11) is 1.27. The van der Waals surface area contributed by atoms with Crippen molar-refractivity contribution in [3.8, 4) is 0 Å². The molecule has 30 heavy (non-hydrogen) atoms. The third kappa shape index (κ3) is 5.35. The summed E-state index contributed by atoms with van der Waals surface area (Å²) >= 11 is 0. The number of esters is 1. The number of benzene rings is 3. The van der Waals surface area contributed by atoms with Gasteiger partial charge in [0.25, 0.3) is 0 Å². The van der Waals surface area contributed by atoms with Crippen molar-refractivity contribution in [3.05, 3.63) is 107 Å². The fourth-order valence-corrected chi connectivity index (χ4v) is 3.04. The highest BCUT2D eigenvalue weighted by atomic mass is 19.4. The molecule has 3 nitrogen and oxygen atoms in total. The third-order valence-corrected chi connectivity index (χ3v) is 4.59. The molecule has 0 fully saturated rings. The zero-order valence-electron chi connectivity index (χ0n) is 16.3. The van der Waals surface area contributed by atoms with E-state index in [-0.39, 0.29) is 6.42 Å². The maximum atomic E-state index is 12.9. The number of hydrogen-bond acceptors (Lipinski definition) is 3. The zero-order valence-corrected chi connectivity index (χ0v) is 16.3. The Labute approximate surface area is 172 Å². The van der Waals surface area contributed by atoms with Crippen molar-refractivity contribution in [3.63, 3.8) is 0 Å². The Hall–Kier alpha value is -3.41. The molecule has 3 rings (SSSR count). The molecular weight excluding hydrogens is 391 g/mol. The minimum absolute atomic E-state index is 0.0922. The van der Waals surface area contributed by atoms with Crippen LogP contribution in [0.1, 0.15) is 34.7 Å². The molecule has 0 aliphatic rings. The van der Waals surface area contributed by atoms with Gasteiger partial charge in [-0.15, -0.1) is 0 Å². The lowest BCUT2D eigenvalue weighted by atomic mass is 9.99. The molecule has 0 aliphatic heterocycles. The molecule has 3 aromatic rings. The minimum Gasteiger partial charge on any atom is -0.469 e. The molecule has 1 unspecified atom stereocenters. The Morgan fingerprint density at radius 1 is 0.867 bits per heavy atom.